The van der Waals surface area contributed by atoms with Gasteiger partial charge in [-0.25, -0.2) is 13.1 Å². The summed E-state index contributed by atoms with van der Waals surface area (Å²) in [7, 11) is -1.76. The zero-order valence-electron chi connectivity index (χ0n) is 10.1. The minimum Gasteiger partial charge on any atom is -0.449 e. The Labute approximate surface area is 106 Å². The molecule has 1 aromatic heterocycles. The summed E-state index contributed by atoms with van der Waals surface area (Å²) >= 11 is 0. The molecule has 1 saturated heterocycles. The molecule has 2 heterocycles. The highest BCUT2D eigenvalue weighted by molar-refractivity contribution is 7.90. The maximum Gasteiger partial charge on any atom is 0.215 e. The van der Waals surface area contributed by atoms with Crippen molar-refractivity contribution in [2.45, 2.75) is 18.2 Å². The predicted molar refractivity (Wildman–Crippen MR) is 65.1 cm³/mol. The number of furan rings is 1. The molecule has 7 heteroatoms. The third-order valence-corrected chi connectivity index (χ3v) is 4.94. The Morgan fingerprint density at radius 2 is 2.39 bits per heavy atom. The van der Waals surface area contributed by atoms with Gasteiger partial charge in [0.05, 0.1) is 11.8 Å². The molecule has 1 atom stereocenters. The summed E-state index contributed by atoms with van der Waals surface area (Å²) in [5.74, 6) is 0.970. The van der Waals surface area contributed by atoms with E-state index in [0.717, 1.165) is 0 Å². The van der Waals surface area contributed by atoms with Crippen LogP contribution in [0, 0.1) is 11.3 Å². The lowest BCUT2D eigenvalue weighted by Crippen LogP contribution is -2.34. The van der Waals surface area contributed by atoms with Crippen LogP contribution >= 0.6 is 0 Å². The van der Waals surface area contributed by atoms with Crippen LogP contribution in [0.25, 0.3) is 0 Å². The van der Waals surface area contributed by atoms with Gasteiger partial charge in [0.25, 0.3) is 0 Å². The number of rotatable bonds is 4. The van der Waals surface area contributed by atoms with E-state index in [-0.39, 0.29) is 11.0 Å². The minimum absolute atomic E-state index is 0.281. The largest absolute Gasteiger partial charge is 0.449 e. The van der Waals surface area contributed by atoms with E-state index >= 15 is 0 Å². The molecule has 1 aromatic rings. The molecular formula is C11H15N3O3S. The highest BCUT2D eigenvalue weighted by Gasteiger charge is 2.32. The second kappa shape index (κ2) is 5.10. The van der Waals surface area contributed by atoms with Gasteiger partial charge in [-0.2, -0.15) is 5.26 Å². The lowest BCUT2D eigenvalue weighted by atomic mass is 10.4. The van der Waals surface area contributed by atoms with Gasteiger partial charge in [0.1, 0.15) is 11.8 Å². The second-order valence-electron chi connectivity index (χ2n) is 4.27. The highest BCUT2D eigenvalue weighted by Crippen LogP contribution is 2.19. The Bertz CT molecular complexity index is 558. The molecule has 18 heavy (non-hydrogen) atoms. The van der Waals surface area contributed by atoms with Crippen LogP contribution in [-0.4, -0.2) is 38.7 Å². The van der Waals surface area contributed by atoms with Gasteiger partial charge in [0.2, 0.25) is 15.8 Å². The number of likely N-dealkylation sites (tertiary alicyclic amines) is 1. The van der Waals surface area contributed by atoms with Crippen molar-refractivity contribution in [3.05, 3.63) is 23.7 Å². The van der Waals surface area contributed by atoms with E-state index in [1.54, 1.807) is 12.1 Å². The number of nitrogens with one attached hydrogen (secondary N) is 1. The molecule has 98 valence electrons. The topological polar surface area (TPSA) is 86.3 Å². The molecule has 6 nitrogen and oxygen atoms in total. The van der Waals surface area contributed by atoms with Crippen molar-refractivity contribution in [1.29, 1.82) is 5.26 Å². The van der Waals surface area contributed by atoms with E-state index in [1.807, 2.05) is 11.0 Å². The summed E-state index contributed by atoms with van der Waals surface area (Å²) in [4.78, 5) is 2.01. The number of sulfonamides is 1. The fourth-order valence-electron chi connectivity index (χ4n) is 2.10. The average Bonchev–Trinajstić information content (AvgIpc) is 2.99. The molecule has 0 spiro atoms. The van der Waals surface area contributed by atoms with Crippen LogP contribution in [0.5, 0.6) is 0 Å². The number of nitriles is 1. The van der Waals surface area contributed by atoms with Crippen LogP contribution < -0.4 is 4.72 Å². The molecule has 0 radical (unpaired) electrons. The molecule has 0 aromatic carbocycles. The molecule has 2 rings (SSSR count). The first-order chi connectivity index (χ1) is 8.55. The average molecular weight is 269 g/mol. The van der Waals surface area contributed by atoms with Gasteiger partial charge in [-0.3, -0.25) is 4.90 Å². The minimum atomic E-state index is -3.20. The molecule has 0 aliphatic carbocycles. The number of hydrogen-bond donors (Lipinski definition) is 1. The summed E-state index contributed by atoms with van der Waals surface area (Å²) in [5, 5.41) is 8.28. The Kier molecular flexibility index (Phi) is 3.71. The van der Waals surface area contributed by atoms with Crippen LogP contribution in [0.2, 0.25) is 0 Å². The highest BCUT2D eigenvalue weighted by atomic mass is 32.2. The van der Waals surface area contributed by atoms with Crippen molar-refractivity contribution < 1.29 is 12.8 Å². The van der Waals surface area contributed by atoms with Crippen LogP contribution in [0.4, 0.5) is 0 Å². The van der Waals surface area contributed by atoms with Gasteiger partial charge < -0.3 is 4.42 Å². The van der Waals surface area contributed by atoms with Crippen LogP contribution in [-0.2, 0) is 16.6 Å². The van der Waals surface area contributed by atoms with E-state index in [2.05, 4.69) is 4.72 Å². The van der Waals surface area contributed by atoms with Gasteiger partial charge >= 0.3 is 0 Å². The zero-order valence-corrected chi connectivity index (χ0v) is 10.9. The molecule has 1 N–H and O–H groups in total. The van der Waals surface area contributed by atoms with Gasteiger partial charge in [-0.15, -0.1) is 0 Å². The monoisotopic (exact) mass is 269 g/mol. The summed E-state index contributed by atoms with van der Waals surface area (Å²) < 4.78 is 30.9. The summed E-state index contributed by atoms with van der Waals surface area (Å²) in [6.07, 6.45) is 0.620. The van der Waals surface area contributed by atoms with Gasteiger partial charge in [0.15, 0.2) is 0 Å². The Morgan fingerprint density at radius 1 is 1.61 bits per heavy atom. The van der Waals surface area contributed by atoms with Gasteiger partial charge in [-0.1, -0.05) is 0 Å². The molecule has 0 saturated carbocycles. The first-order valence-electron chi connectivity index (χ1n) is 5.68. The normalized spacial score (nSPS) is 21.0. The molecule has 0 bridgehead atoms. The van der Waals surface area contributed by atoms with E-state index < -0.39 is 10.0 Å². The van der Waals surface area contributed by atoms with E-state index in [4.69, 9.17) is 9.68 Å². The fourth-order valence-corrected chi connectivity index (χ4v) is 3.26. The summed E-state index contributed by atoms with van der Waals surface area (Å²) in [5.41, 5.74) is 0. The van der Waals surface area contributed by atoms with Gasteiger partial charge in [-0.05, 0) is 25.6 Å². The quantitative estimate of drug-likeness (QED) is 0.848. The Hall–Kier alpha value is -1.36. The SMILES string of the molecule is CNS(=O)(=O)C1CCN(Cc2ccc(C#N)o2)C1. The lowest BCUT2D eigenvalue weighted by Gasteiger charge is -2.14. The Morgan fingerprint density at radius 3 is 3.00 bits per heavy atom. The van der Waals surface area contributed by atoms with E-state index in [9.17, 15) is 8.42 Å². The number of nitrogens with zero attached hydrogens (tertiary/aromatic N) is 2. The van der Waals surface area contributed by atoms with Crippen molar-refractivity contribution >= 4 is 10.0 Å². The van der Waals surface area contributed by atoms with Crippen molar-refractivity contribution in [2.75, 3.05) is 20.1 Å². The molecule has 1 aliphatic rings. The maximum atomic E-state index is 11.6. The fraction of sp³-hybridized carbons (Fsp3) is 0.545. The zero-order chi connectivity index (χ0) is 13.2. The van der Waals surface area contributed by atoms with Crippen molar-refractivity contribution in [2.24, 2.45) is 0 Å². The smallest absolute Gasteiger partial charge is 0.215 e. The standard InChI is InChI=1S/C11H15N3O3S/c1-13-18(15,16)11-4-5-14(8-11)7-10-3-2-9(6-12)17-10/h2-3,11,13H,4-5,7-8H2,1H3. The molecular weight excluding hydrogens is 254 g/mol. The third-order valence-electron chi connectivity index (χ3n) is 3.10. The predicted octanol–water partition coefficient (Wildman–Crippen LogP) is 0.275. The van der Waals surface area contributed by atoms with Gasteiger partial charge in [0, 0.05) is 13.1 Å². The molecule has 1 fully saturated rings. The van der Waals surface area contributed by atoms with E-state index in [1.165, 1.54) is 7.05 Å². The van der Waals surface area contributed by atoms with Crippen LogP contribution in [0.1, 0.15) is 17.9 Å². The first kappa shape index (κ1) is 13.1. The number of hydrogen-bond acceptors (Lipinski definition) is 5. The molecule has 1 aliphatic heterocycles. The van der Waals surface area contributed by atoms with Crippen LogP contribution in [0.15, 0.2) is 16.5 Å². The van der Waals surface area contributed by atoms with Crippen LogP contribution in [0.3, 0.4) is 0 Å². The Balaban J connectivity index is 1.96. The summed E-state index contributed by atoms with van der Waals surface area (Å²) in [6.45, 7) is 1.75. The van der Waals surface area contributed by atoms with Crippen molar-refractivity contribution in [1.82, 2.24) is 9.62 Å². The second-order valence-corrected chi connectivity index (χ2v) is 6.44. The first-order valence-corrected chi connectivity index (χ1v) is 7.23. The van der Waals surface area contributed by atoms with Crippen molar-refractivity contribution in [3.8, 4) is 6.07 Å². The molecule has 0 amide bonds. The summed E-state index contributed by atoms with van der Waals surface area (Å²) in [6, 6.07) is 5.29. The maximum absolute atomic E-state index is 11.6. The van der Waals surface area contributed by atoms with Crippen molar-refractivity contribution in [3.63, 3.8) is 0 Å². The third kappa shape index (κ3) is 2.72. The van der Waals surface area contributed by atoms with E-state index in [0.29, 0.717) is 31.8 Å². The molecule has 1 unspecified atom stereocenters. The lowest BCUT2D eigenvalue weighted by molar-refractivity contribution is 0.296.